The van der Waals surface area contributed by atoms with Gasteiger partial charge < -0.3 is 33.2 Å². The van der Waals surface area contributed by atoms with Crippen molar-refractivity contribution in [2.75, 3.05) is 33.7 Å². The van der Waals surface area contributed by atoms with Gasteiger partial charge in [-0.25, -0.2) is 14.6 Å². The van der Waals surface area contributed by atoms with Crippen molar-refractivity contribution in [3.63, 3.8) is 0 Å². The molecule has 0 N–H and O–H groups in total. The first-order valence-corrected chi connectivity index (χ1v) is 17.6. The molecule has 1 atom stereocenters. The Balaban J connectivity index is 1.34. The number of esters is 2. The van der Waals surface area contributed by atoms with Gasteiger partial charge in [0.15, 0.2) is 34.4 Å². The van der Waals surface area contributed by atoms with Crippen LogP contribution in [0, 0.1) is 3.57 Å². The van der Waals surface area contributed by atoms with Crippen LogP contribution in [-0.4, -0.2) is 50.2 Å². The van der Waals surface area contributed by atoms with E-state index in [-0.39, 0.29) is 31.1 Å². The Hall–Kier alpha value is -4.83. The van der Waals surface area contributed by atoms with Gasteiger partial charge in [-0.2, -0.15) is 0 Å². The summed E-state index contributed by atoms with van der Waals surface area (Å²) < 4.78 is 41.3. The van der Waals surface area contributed by atoms with Crippen molar-refractivity contribution in [1.82, 2.24) is 4.57 Å². The number of thiazole rings is 1. The highest BCUT2D eigenvalue weighted by Gasteiger charge is 2.34. The number of carbonyl (C=O) groups is 2. The molecule has 3 aromatic carbocycles. The molecule has 0 bridgehead atoms. The summed E-state index contributed by atoms with van der Waals surface area (Å²) in [6.07, 6.45) is 1.80. The average Bonchev–Trinajstić information content (AvgIpc) is 3.70. The standard InChI is InChI=1S/C36H33IN2O10S/c1-5-44-29-16-23(9-12-26(29)47-18-31(40)43-4)33-32(35(42)45-6-2)20(3)38-36-39(33)34(41)30(50-36)15-21-7-10-25(24(37)13-21)46-17-22-8-11-27-28(14-22)49-19-48-27/h7-16,33H,5-6,17-19H2,1-4H3/b30-15-/t33-/m0/s1. The Morgan fingerprint density at radius 2 is 1.78 bits per heavy atom. The highest BCUT2D eigenvalue weighted by Crippen LogP contribution is 2.37. The SMILES string of the molecule is CCOC(=O)C1=C(C)N=c2s/c(=C\c3ccc(OCc4ccc5c(c4)OCO5)c(I)c3)c(=O)n2[C@H]1c1ccc(OCC(=O)OC)c(OCC)c1. The quantitative estimate of drug-likeness (QED) is 0.147. The van der Waals surface area contributed by atoms with Crippen LogP contribution in [0.4, 0.5) is 0 Å². The van der Waals surface area contributed by atoms with Crippen LogP contribution in [-0.2, 0) is 25.7 Å². The van der Waals surface area contributed by atoms with E-state index in [2.05, 4.69) is 32.3 Å². The molecule has 12 nitrogen and oxygen atoms in total. The Kier molecular flexibility index (Phi) is 10.8. The maximum absolute atomic E-state index is 14.2. The normalized spacial score (nSPS) is 14.9. The lowest BCUT2D eigenvalue weighted by molar-refractivity contribution is -0.143. The van der Waals surface area contributed by atoms with E-state index in [4.69, 9.17) is 28.4 Å². The van der Waals surface area contributed by atoms with Crippen molar-refractivity contribution >= 4 is 51.9 Å². The average molecular weight is 813 g/mol. The monoisotopic (exact) mass is 812 g/mol. The predicted molar refractivity (Wildman–Crippen MR) is 192 cm³/mol. The molecule has 0 saturated carbocycles. The van der Waals surface area contributed by atoms with Gasteiger partial charge in [-0.1, -0.05) is 29.5 Å². The molecule has 2 aliphatic rings. The topological polar surface area (TPSA) is 133 Å². The van der Waals surface area contributed by atoms with Crippen LogP contribution in [0.3, 0.4) is 0 Å². The predicted octanol–water partition coefficient (Wildman–Crippen LogP) is 4.66. The maximum atomic E-state index is 14.2. The second kappa shape index (κ2) is 15.4. The smallest absolute Gasteiger partial charge is 0.343 e. The Morgan fingerprint density at radius 3 is 2.54 bits per heavy atom. The number of carbonyl (C=O) groups excluding carboxylic acids is 2. The third kappa shape index (κ3) is 7.35. The second-order valence-electron chi connectivity index (χ2n) is 11.0. The lowest BCUT2D eigenvalue weighted by Gasteiger charge is -2.25. The van der Waals surface area contributed by atoms with E-state index in [9.17, 15) is 14.4 Å². The molecule has 260 valence electrons. The van der Waals surface area contributed by atoms with Gasteiger partial charge in [0.1, 0.15) is 12.4 Å². The van der Waals surface area contributed by atoms with Crippen LogP contribution < -0.4 is 38.6 Å². The minimum Gasteiger partial charge on any atom is -0.490 e. The van der Waals surface area contributed by atoms with Gasteiger partial charge in [0, 0.05) is 0 Å². The number of allylic oxidation sites excluding steroid dienone is 1. The molecular weight excluding hydrogens is 779 g/mol. The number of rotatable bonds is 12. The van der Waals surface area contributed by atoms with Gasteiger partial charge in [-0.05, 0) is 103 Å². The Labute approximate surface area is 304 Å². The van der Waals surface area contributed by atoms with Crippen molar-refractivity contribution in [2.24, 2.45) is 4.99 Å². The van der Waals surface area contributed by atoms with Crippen molar-refractivity contribution in [1.29, 1.82) is 0 Å². The molecule has 1 aromatic heterocycles. The summed E-state index contributed by atoms with van der Waals surface area (Å²) in [5, 5.41) is 0. The van der Waals surface area contributed by atoms with Gasteiger partial charge >= 0.3 is 11.9 Å². The Bertz CT molecular complexity index is 2170. The Morgan fingerprint density at radius 1 is 0.980 bits per heavy atom. The molecule has 6 rings (SSSR count). The number of fused-ring (bicyclic) bond motifs is 2. The maximum Gasteiger partial charge on any atom is 0.343 e. The van der Waals surface area contributed by atoms with Gasteiger partial charge in [-0.15, -0.1) is 0 Å². The summed E-state index contributed by atoms with van der Waals surface area (Å²) in [7, 11) is 1.27. The fraction of sp³-hybridized carbons (Fsp3) is 0.278. The van der Waals surface area contributed by atoms with E-state index in [0.717, 1.165) is 14.7 Å². The van der Waals surface area contributed by atoms with E-state index in [1.807, 2.05) is 43.3 Å². The molecule has 0 amide bonds. The largest absolute Gasteiger partial charge is 0.490 e. The zero-order valence-electron chi connectivity index (χ0n) is 27.6. The fourth-order valence-corrected chi connectivity index (χ4v) is 7.19. The first-order valence-electron chi connectivity index (χ1n) is 15.7. The molecule has 0 unspecified atom stereocenters. The van der Waals surface area contributed by atoms with Gasteiger partial charge in [0.2, 0.25) is 6.79 Å². The van der Waals surface area contributed by atoms with E-state index in [1.54, 1.807) is 38.1 Å². The van der Waals surface area contributed by atoms with Crippen molar-refractivity contribution in [2.45, 2.75) is 33.4 Å². The summed E-state index contributed by atoms with van der Waals surface area (Å²) in [5.41, 5.74) is 2.65. The van der Waals surface area contributed by atoms with Crippen LogP contribution in [0.5, 0.6) is 28.7 Å². The van der Waals surface area contributed by atoms with E-state index in [1.165, 1.54) is 23.0 Å². The number of benzene rings is 3. The van der Waals surface area contributed by atoms with Crippen LogP contribution in [0.25, 0.3) is 6.08 Å². The lowest BCUT2D eigenvalue weighted by Crippen LogP contribution is -2.40. The third-order valence-corrected chi connectivity index (χ3v) is 9.58. The molecule has 50 heavy (non-hydrogen) atoms. The molecular formula is C36H33IN2O10S. The second-order valence-corrected chi connectivity index (χ2v) is 13.1. The van der Waals surface area contributed by atoms with Crippen LogP contribution in [0.1, 0.15) is 43.5 Å². The highest BCUT2D eigenvalue weighted by molar-refractivity contribution is 14.1. The van der Waals surface area contributed by atoms with E-state index < -0.39 is 18.0 Å². The molecule has 2 aliphatic heterocycles. The highest BCUT2D eigenvalue weighted by atomic mass is 127. The molecule has 0 spiro atoms. The van der Waals surface area contributed by atoms with Crippen LogP contribution >= 0.6 is 33.9 Å². The zero-order chi connectivity index (χ0) is 35.4. The van der Waals surface area contributed by atoms with Crippen molar-refractivity contribution in [3.8, 4) is 28.7 Å². The number of hydrogen-bond acceptors (Lipinski definition) is 12. The third-order valence-electron chi connectivity index (χ3n) is 7.76. The van der Waals surface area contributed by atoms with Crippen molar-refractivity contribution in [3.05, 3.63) is 106 Å². The van der Waals surface area contributed by atoms with E-state index >= 15 is 0 Å². The number of halogens is 1. The lowest BCUT2D eigenvalue weighted by atomic mass is 9.95. The van der Waals surface area contributed by atoms with E-state index in [0.29, 0.717) is 62.6 Å². The number of methoxy groups -OCH3 is 1. The summed E-state index contributed by atoms with van der Waals surface area (Å²) in [6, 6.07) is 15.6. The molecule has 14 heteroatoms. The summed E-state index contributed by atoms with van der Waals surface area (Å²) in [6.45, 7) is 5.94. The summed E-state index contributed by atoms with van der Waals surface area (Å²) >= 11 is 3.43. The van der Waals surface area contributed by atoms with Gasteiger partial charge in [0.25, 0.3) is 5.56 Å². The van der Waals surface area contributed by atoms with Crippen LogP contribution in [0.2, 0.25) is 0 Å². The number of aromatic nitrogens is 1. The first kappa shape index (κ1) is 35.0. The molecule has 0 aliphatic carbocycles. The minimum absolute atomic E-state index is 0.145. The molecule has 0 fully saturated rings. The number of ether oxygens (including phenoxy) is 7. The van der Waals surface area contributed by atoms with Crippen LogP contribution in [0.15, 0.2) is 75.7 Å². The molecule has 3 heterocycles. The number of hydrogen-bond donors (Lipinski definition) is 0. The zero-order valence-corrected chi connectivity index (χ0v) is 30.6. The summed E-state index contributed by atoms with van der Waals surface area (Å²) in [4.78, 5) is 44.4. The van der Waals surface area contributed by atoms with Gasteiger partial charge in [-0.3, -0.25) is 9.36 Å². The molecule has 4 aromatic rings. The van der Waals surface area contributed by atoms with Gasteiger partial charge in [0.05, 0.1) is 45.7 Å². The molecule has 0 radical (unpaired) electrons. The first-order chi connectivity index (χ1) is 24.2. The number of nitrogens with zero attached hydrogens (tertiary/aromatic N) is 2. The summed E-state index contributed by atoms with van der Waals surface area (Å²) in [5.74, 6) is 1.62. The minimum atomic E-state index is -0.867. The van der Waals surface area contributed by atoms with Crippen molar-refractivity contribution < 1.29 is 42.7 Å². The molecule has 0 saturated heterocycles. The fourth-order valence-electron chi connectivity index (χ4n) is 5.45.